The van der Waals surface area contributed by atoms with E-state index in [0.717, 1.165) is 18.4 Å². The van der Waals surface area contributed by atoms with Crippen molar-refractivity contribution in [3.05, 3.63) is 52.8 Å². The second kappa shape index (κ2) is 7.42. The normalized spacial score (nSPS) is 14.7. The van der Waals surface area contributed by atoms with Crippen molar-refractivity contribution in [2.45, 2.75) is 38.3 Å². The summed E-state index contributed by atoms with van der Waals surface area (Å²) in [5.41, 5.74) is 1.32. The number of hydrogen-bond acceptors (Lipinski definition) is 4. The van der Waals surface area contributed by atoms with Crippen molar-refractivity contribution in [2.75, 3.05) is 5.32 Å². The molecule has 0 aliphatic heterocycles. The molecule has 5 nitrogen and oxygen atoms in total. The first-order chi connectivity index (χ1) is 11.2. The van der Waals surface area contributed by atoms with Crippen LogP contribution in [0.25, 0.3) is 0 Å². The molecule has 1 fully saturated rings. The van der Waals surface area contributed by atoms with Gasteiger partial charge in [-0.1, -0.05) is 42.6 Å². The molecule has 1 aromatic carbocycles. The lowest BCUT2D eigenvalue weighted by atomic mass is 10.2. The van der Waals surface area contributed by atoms with Gasteiger partial charge in [0.25, 0.3) is 5.91 Å². The molecule has 1 saturated carbocycles. The average Bonchev–Trinajstić information content (AvgIpc) is 3.07. The van der Waals surface area contributed by atoms with Crippen LogP contribution in [0.4, 0.5) is 5.95 Å². The second-order valence-corrected chi connectivity index (χ2v) is 6.10. The van der Waals surface area contributed by atoms with Crippen LogP contribution in [0, 0.1) is 0 Å². The summed E-state index contributed by atoms with van der Waals surface area (Å²) in [7, 11) is 0. The molecule has 3 rings (SSSR count). The summed E-state index contributed by atoms with van der Waals surface area (Å²) in [5, 5.41) is 6.76. The molecule has 2 aromatic rings. The highest BCUT2D eigenvalue weighted by molar-refractivity contribution is 6.31. The van der Waals surface area contributed by atoms with Gasteiger partial charge in [0.2, 0.25) is 5.95 Å². The topological polar surface area (TPSA) is 66.9 Å². The average molecular weight is 331 g/mol. The highest BCUT2D eigenvalue weighted by Gasteiger charge is 2.15. The van der Waals surface area contributed by atoms with Gasteiger partial charge in [-0.2, -0.15) is 0 Å². The van der Waals surface area contributed by atoms with Crippen molar-refractivity contribution in [3.8, 4) is 0 Å². The van der Waals surface area contributed by atoms with Crippen LogP contribution in [-0.4, -0.2) is 21.9 Å². The van der Waals surface area contributed by atoms with E-state index in [1.807, 2.05) is 18.2 Å². The molecule has 0 radical (unpaired) electrons. The molecule has 0 bridgehead atoms. The number of carbonyl (C=O) groups is 1. The van der Waals surface area contributed by atoms with Gasteiger partial charge in [-0.15, -0.1) is 0 Å². The van der Waals surface area contributed by atoms with E-state index < -0.39 is 0 Å². The Balaban J connectivity index is 1.56. The predicted octanol–water partition coefficient (Wildman–Crippen LogP) is 3.41. The Kier molecular flexibility index (Phi) is 5.08. The minimum Gasteiger partial charge on any atom is -0.351 e. The number of benzene rings is 1. The van der Waals surface area contributed by atoms with Crippen LogP contribution in [0.2, 0.25) is 5.02 Å². The molecule has 0 spiro atoms. The van der Waals surface area contributed by atoms with Gasteiger partial charge in [0, 0.05) is 30.0 Å². The van der Waals surface area contributed by atoms with Crippen LogP contribution < -0.4 is 10.6 Å². The van der Waals surface area contributed by atoms with E-state index in [4.69, 9.17) is 11.6 Å². The lowest BCUT2D eigenvalue weighted by molar-refractivity contribution is 0.0950. The Morgan fingerprint density at radius 3 is 2.57 bits per heavy atom. The molecule has 120 valence electrons. The third kappa shape index (κ3) is 4.20. The first-order valence-corrected chi connectivity index (χ1v) is 8.20. The first kappa shape index (κ1) is 15.7. The minimum atomic E-state index is -0.211. The zero-order valence-electron chi connectivity index (χ0n) is 12.8. The van der Waals surface area contributed by atoms with Crippen LogP contribution in [-0.2, 0) is 6.54 Å². The number of halogens is 1. The second-order valence-electron chi connectivity index (χ2n) is 5.70. The van der Waals surface area contributed by atoms with Crippen molar-refractivity contribution in [1.82, 2.24) is 15.3 Å². The summed E-state index contributed by atoms with van der Waals surface area (Å²) >= 11 is 6.07. The maximum atomic E-state index is 12.1. The quantitative estimate of drug-likeness (QED) is 0.881. The van der Waals surface area contributed by atoms with Crippen LogP contribution in [0.1, 0.15) is 41.6 Å². The molecule has 0 atom stereocenters. The van der Waals surface area contributed by atoms with Gasteiger partial charge in [0.15, 0.2) is 0 Å². The van der Waals surface area contributed by atoms with Gasteiger partial charge in [-0.05, 0) is 24.5 Å². The fourth-order valence-electron chi connectivity index (χ4n) is 2.69. The number of carbonyl (C=O) groups excluding carboxylic acids is 1. The SMILES string of the molecule is O=C(NCc1ccccc1Cl)c1cnc(NC2CCCC2)nc1. The standard InChI is InChI=1S/C17H19ClN4O/c18-15-8-4-1-5-12(15)9-19-16(23)13-10-20-17(21-11-13)22-14-6-2-3-7-14/h1,4-5,8,10-11,14H,2-3,6-7,9H2,(H,19,23)(H,20,21,22). The van der Waals surface area contributed by atoms with Crippen LogP contribution in [0.15, 0.2) is 36.7 Å². The number of amides is 1. The van der Waals surface area contributed by atoms with Crippen molar-refractivity contribution < 1.29 is 4.79 Å². The van der Waals surface area contributed by atoms with E-state index in [1.165, 1.54) is 12.8 Å². The van der Waals surface area contributed by atoms with E-state index in [0.29, 0.717) is 29.1 Å². The summed E-state index contributed by atoms with van der Waals surface area (Å²) in [5.74, 6) is 0.372. The number of hydrogen-bond donors (Lipinski definition) is 2. The molecular formula is C17H19ClN4O. The summed E-state index contributed by atoms with van der Waals surface area (Å²) in [6.07, 6.45) is 7.91. The number of nitrogens with one attached hydrogen (secondary N) is 2. The Morgan fingerprint density at radius 1 is 1.17 bits per heavy atom. The number of nitrogens with zero attached hydrogens (tertiary/aromatic N) is 2. The van der Waals surface area contributed by atoms with Gasteiger partial charge >= 0.3 is 0 Å². The molecule has 1 aromatic heterocycles. The fraction of sp³-hybridized carbons (Fsp3) is 0.353. The van der Waals surface area contributed by atoms with Gasteiger partial charge in [0.1, 0.15) is 0 Å². The van der Waals surface area contributed by atoms with Crippen LogP contribution in [0.5, 0.6) is 0 Å². The molecule has 0 saturated heterocycles. The largest absolute Gasteiger partial charge is 0.351 e. The zero-order valence-corrected chi connectivity index (χ0v) is 13.5. The number of rotatable bonds is 5. The lowest BCUT2D eigenvalue weighted by Crippen LogP contribution is -2.23. The minimum absolute atomic E-state index is 0.211. The molecule has 6 heteroatoms. The van der Waals surface area contributed by atoms with Gasteiger partial charge in [0.05, 0.1) is 5.56 Å². The van der Waals surface area contributed by atoms with E-state index in [1.54, 1.807) is 18.5 Å². The third-order valence-electron chi connectivity index (χ3n) is 4.00. The Labute approximate surface area is 140 Å². The number of aromatic nitrogens is 2. The van der Waals surface area contributed by atoms with Crippen LogP contribution in [0.3, 0.4) is 0 Å². The molecule has 23 heavy (non-hydrogen) atoms. The van der Waals surface area contributed by atoms with Crippen LogP contribution >= 0.6 is 11.6 Å². The maximum Gasteiger partial charge on any atom is 0.254 e. The van der Waals surface area contributed by atoms with E-state index >= 15 is 0 Å². The lowest BCUT2D eigenvalue weighted by Gasteiger charge is -2.11. The van der Waals surface area contributed by atoms with Gasteiger partial charge in [-0.3, -0.25) is 4.79 Å². The van der Waals surface area contributed by atoms with Gasteiger partial charge in [-0.25, -0.2) is 9.97 Å². The highest BCUT2D eigenvalue weighted by atomic mass is 35.5. The molecule has 1 aliphatic carbocycles. The molecule has 0 unspecified atom stereocenters. The van der Waals surface area contributed by atoms with Gasteiger partial charge < -0.3 is 10.6 Å². The Hall–Kier alpha value is -2.14. The monoisotopic (exact) mass is 330 g/mol. The maximum absolute atomic E-state index is 12.1. The summed E-state index contributed by atoms with van der Waals surface area (Å²) in [6.45, 7) is 0.376. The Morgan fingerprint density at radius 2 is 1.87 bits per heavy atom. The smallest absolute Gasteiger partial charge is 0.254 e. The van der Waals surface area contributed by atoms with Crippen molar-refractivity contribution in [3.63, 3.8) is 0 Å². The Bertz CT molecular complexity index is 669. The zero-order chi connectivity index (χ0) is 16.1. The van der Waals surface area contributed by atoms with E-state index in [-0.39, 0.29) is 5.91 Å². The number of anilines is 1. The first-order valence-electron chi connectivity index (χ1n) is 7.82. The van der Waals surface area contributed by atoms with Crippen molar-refractivity contribution >= 4 is 23.5 Å². The van der Waals surface area contributed by atoms with E-state index in [2.05, 4.69) is 20.6 Å². The van der Waals surface area contributed by atoms with Crippen molar-refractivity contribution in [2.24, 2.45) is 0 Å². The predicted molar refractivity (Wildman–Crippen MR) is 90.5 cm³/mol. The van der Waals surface area contributed by atoms with Crippen molar-refractivity contribution in [1.29, 1.82) is 0 Å². The molecule has 2 N–H and O–H groups in total. The van der Waals surface area contributed by atoms with E-state index in [9.17, 15) is 4.79 Å². The third-order valence-corrected chi connectivity index (χ3v) is 4.37. The fourth-order valence-corrected chi connectivity index (χ4v) is 2.89. The molecule has 1 amide bonds. The summed E-state index contributed by atoms with van der Waals surface area (Å²) in [6, 6.07) is 7.89. The summed E-state index contributed by atoms with van der Waals surface area (Å²) < 4.78 is 0. The highest BCUT2D eigenvalue weighted by Crippen LogP contribution is 2.20. The molecule has 1 heterocycles. The molecular weight excluding hydrogens is 312 g/mol. The molecule has 1 aliphatic rings. The summed E-state index contributed by atoms with van der Waals surface area (Å²) in [4.78, 5) is 20.6.